The first-order valence-corrected chi connectivity index (χ1v) is 5.95. The lowest BCUT2D eigenvalue weighted by Gasteiger charge is -2.15. The molecule has 0 spiro atoms. The van der Waals surface area contributed by atoms with Gasteiger partial charge in [0.15, 0.2) is 0 Å². The minimum atomic E-state index is 0.688. The third kappa shape index (κ3) is 1.83. The highest BCUT2D eigenvalue weighted by Crippen LogP contribution is 2.34. The quantitative estimate of drug-likeness (QED) is 0.775. The van der Waals surface area contributed by atoms with Gasteiger partial charge in [0.25, 0.3) is 0 Å². The molecule has 0 aliphatic carbocycles. The van der Waals surface area contributed by atoms with E-state index in [4.69, 9.17) is 4.74 Å². The number of fused-ring (bicyclic) bond motifs is 1. The topological polar surface area (TPSA) is 22.1 Å². The zero-order valence-electron chi connectivity index (χ0n) is 7.34. The molecule has 0 aromatic carbocycles. The normalized spacial score (nSPS) is 15.2. The van der Waals surface area contributed by atoms with Gasteiger partial charge in [-0.15, -0.1) is 11.8 Å². The van der Waals surface area contributed by atoms with Crippen LogP contribution in [0.1, 0.15) is 12.0 Å². The Morgan fingerprint density at radius 2 is 2.46 bits per heavy atom. The van der Waals surface area contributed by atoms with Crippen LogP contribution in [0.4, 0.5) is 0 Å². The molecule has 2 rings (SSSR count). The Hall–Kier alpha value is -0.220. The van der Waals surface area contributed by atoms with E-state index in [1.165, 1.54) is 17.7 Å². The molecular weight excluding hydrogens is 250 g/mol. The van der Waals surface area contributed by atoms with Gasteiger partial charge in [0.05, 0.1) is 11.6 Å². The average molecular weight is 260 g/mol. The molecule has 0 saturated carbocycles. The molecule has 0 saturated heterocycles. The third-order valence-electron chi connectivity index (χ3n) is 2.01. The van der Waals surface area contributed by atoms with Gasteiger partial charge in [-0.3, -0.25) is 0 Å². The first-order valence-electron chi connectivity index (χ1n) is 4.17. The van der Waals surface area contributed by atoms with Crippen molar-refractivity contribution >= 4 is 27.7 Å². The minimum absolute atomic E-state index is 0.688. The summed E-state index contributed by atoms with van der Waals surface area (Å²) in [5.41, 5.74) is 1.34. The lowest BCUT2D eigenvalue weighted by atomic mass is 10.2. The summed E-state index contributed by atoms with van der Waals surface area (Å²) in [7, 11) is 1.65. The Morgan fingerprint density at radius 3 is 3.23 bits per heavy atom. The monoisotopic (exact) mass is 259 g/mol. The molecule has 0 bridgehead atoms. The molecule has 4 heteroatoms. The summed E-state index contributed by atoms with van der Waals surface area (Å²) >= 11 is 5.25. The maximum absolute atomic E-state index is 5.14. The van der Waals surface area contributed by atoms with E-state index in [9.17, 15) is 0 Å². The summed E-state index contributed by atoms with van der Waals surface area (Å²) in [6.07, 6.45) is 2.38. The van der Waals surface area contributed by atoms with Crippen LogP contribution in [0.3, 0.4) is 0 Å². The average Bonchev–Trinajstić information content (AvgIpc) is 2.17. The van der Waals surface area contributed by atoms with Crippen LogP contribution in [0.25, 0.3) is 0 Å². The summed E-state index contributed by atoms with van der Waals surface area (Å²) < 4.78 is 6.09. The molecule has 0 N–H and O–H groups in total. The van der Waals surface area contributed by atoms with Crippen molar-refractivity contribution < 1.29 is 4.74 Å². The Kier molecular flexibility index (Phi) is 2.79. The number of hydrogen-bond donors (Lipinski definition) is 0. The Bertz CT molecular complexity index is 330. The van der Waals surface area contributed by atoms with Gasteiger partial charge in [-0.05, 0) is 46.2 Å². The standard InChI is InChI=1S/C9H10BrNOS/c1-12-8-7(10)5-6-3-2-4-13-9(6)11-8/h5H,2-4H2,1H3. The highest BCUT2D eigenvalue weighted by atomic mass is 79.9. The number of hydrogen-bond acceptors (Lipinski definition) is 3. The van der Waals surface area contributed by atoms with Crippen molar-refractivity contribution in [1.29, 1.82) is 0 Å². The number of rotatable bonds is 1. The number of aryl methyl sites for hydroxylation is 1. The first-order chi connectivity index (χ1) is 6.31. The first kappa shape index (κ1) is 9.34. The van der Waals surface area contributed by atoms with E-state index in [1.807, 2.05) is 11.8 Å². The fourth-order valence-electron chi connectivity index (χ4n) is 1.37. The molecule has 1 aromatic heterocycles. The van der Waals surface area contributed by atoms with E-state index in [0.29, 0.717) is 5.88 Å². The van der Waals surface area contributed by atoms with Gasteiger partial charge < -0.3 is 4.74 Å². The second-order valence-corrected chi connectivity index (χ2v) is 4.83. The van der Waals surface area contributed by atoms with Crippen molar-refractivity contribution in [1.82, 2.24) is 4.98 Å². The van der Waals surface area contributed by atoms with E-state index in [2.05, 4.69) is 27.0 Å². The predicted molar refractivity (Wildman–Crippen MR) is 57.5 cm³/mol. The number of ether oxygens (including phenoxy) is 1. The summed E-state index contributed by atoms with van der Waals surface area (Å²) in [5, 5.41) is 1.13. The van der Waals surface area contributed by atoms with Crippen LogP contribution in [0.2, 0.25) is 0 Å². The van der Waals surface area contributed by atoms with E-state index in [-0.39, 0.29) is 0 Å². The van der Waals surface area contributed by atoms with Crippen LogP contribution in [-0.4, -0.2) is 17.8 Å². The van der Waals surface area contributed by atoms with Crippen molar-refractivity contribution in [2.24, 2.45) is 0 Å². The summed E-state index contributed by atoms with van der Waals surface area (Å²) in [6, 6.07) is 2.12. The number of aromatic nitrogens is 1. The second kappa shape index (κ2) is 3.88. The lowest BCUT2D eigenvalue weighted by molar-refractivity contribution is 0.390. The molecule has 2 nitrogen and oxygen atoms in total. The van der Waals surface area contributed by atoms with Crippen molar-refractivity contribution in [3.8, 4) is 5.88 Å². The van der Waals surface area contributed by atoms with Gasteiger partial charge in [0, 0.05) is 0 Å². The summed E-state index contributed by atoms with van der Waals surface area (Å²) in [4.78, 5) is 4.43. The second-order valence-electron chi connectivity index (χ2n) is 2.90. The number of thioether (sulfide) groups is 1. The molecule has 0 radical (unpaired) electrons. The van der Waals surface area contributed by atoms with Crippen LogP contribution in [0.15, 0.2) is 15.6 Å². The zero-order chi connectivity index (χ0) is 9.26. The molecule has 0 fully saturated rings. The molecule has 1 aliphatic rings. The zero-order valence-corrected chi connectivity index (χ0v) is 9.74. The molecular formula is C9H10BrNOS. The molecule has 2 heterocycles. The molecule has 0 atom stereocenters. The maximum Gasteiger partial charge on any atom is 0.228 e. The van der Waals surface area contributed by atoms with Gasteiger partial charge in [-0.25, -0.2) is 4.98 Å². The lowest BCUT2D eigenvalue weighted by Crippen LogP contribution is -2.02. The Labute approximate surface area is 90.2 Å². The van der Waals surface area contributed by atoms with Gasteiger partial charge >= 0.3 is 0 Å². The van der Waals surface area contributed by atoms with Crippen LogP contribution in [0, 0.1) is 0 Å². The van der Waals surface area contributed by atoms with Crippen molar-refractivity contribution in [3.05, 3.63) is 16.1 Å². The van der Waals surface area contributed by atoms with E-state index in [1.54, 1.807) is 7.11 Å². The number of halogens is 1. The number of nitrogens with zero attached hydrogens (tertiary/aromatic N) is 1. The molecule has 0 unspecified atom stereocenters. The number of pyridine rings is 1. The fourth-order valence-corrected chi connectivity index (χ4v) is 2.88. The Balaban J connectivity index is 2.44. The van der Waals surface area contributed by atoms with E-state index in [0.717, 1.165) is 15.9 Å². The van der Waals surface area contributed by atoms with Gasteiger partial charge in [-0.1, -0.05) is 0 Å². The van der Waals surface area contributed by atoms with Crippen LogP contribution in [-0.2, 0) is 6.42 Å². The van der Waals surface area contributed by atoms with Crippen LogP contribution in [0.5, 0.6) is 5.88 Å². The fraction of sp³-hybridized carbons (Fsp3) is 0.444. The van der Waals surface area contributed by atoms with Crippen molar-refractivity contribution in [2.45, 2.75) is 17.9 Å². The highest BCUT2D eigenvalue weighted by Gasteiger charge is 2.14. The van der Waals surface area contributed by atoms with Gasteiger partial charge in [-0.2, -0.15) is 0 Å². The summed E-state index contributed by atoms with van der Waals surface area (Å²) in [6.45, 7) is 0. The molecule has 13 heavy (non-hydrogen) atoms. The van der Waals surface area contributed by atoms with Crippen molar-refractivity contribution in [3.63, 3.8) is 0 Å². The molecule has 1 aliphatic heterocycles. The molecule has 1 aromatic rings. The third-order valence-corrected chi connectivity index (χ3v) is 3.69. The largest absolute Gasteiger partial charge is 0.480 e. The molecule has 70 valence electrons. The predicted octanol–water partition coefficient (Wildman–Crippen LogP) is 2.89. The Morgan fingerprint density at radius 1 is 1.62 bits per heavy atom. The number of methoxy groups -OCH3 is 1. The van der Waals surface area contributed by atoms with Crippen molar-refractivity contribution in [2.75, 3.05) is 12.9 Å². The highest BCUT2D eigenvalue weighted by molar-refractivity contribution is 9.10. The summed E-state index contributed by atoms with van der Waals surface area (Å²) in [5.74, 6) is 1.86. The smallest absolute Gasteiger partial charge is 0.228 e. The molecule has 0 amide bonds. The maximum atomic E-state index is 5.14. The SMILES string of the molecule is COc1nc2c(cc1Br)CCCS2. The van der Waals surface area contributed by atoms with Gasteiger partial charge in [0.2, 0.25) is 5.88 Å². The van der Waals surface area contributed by atoms with Crippen LogP contribution >= 0.6 is 27.7 Å². The van der Waals surface area contributed by atoms with E-state index < -0.39 is 0 Å². The minimum Gasteiger partial charge on any atom is -0.480 e. The van der Waals surface area contributed by atoms with Crippen LogP contribution < -0.4 is 4.74 Å². The van der Waals surface area contributed by atoms with E-state index >= 15 is 0 Å². The van der Waals surface area contributed by atoms with Gasteiger partial charge in [0.1, 0.15) is 5.03 Å².